The number of hydrogen-bond donors (Lipinski definition) is 1. The van der Waals surface area contributed by atoms with E-state index in [0.717, 1.165) is 36.7 Å². The molecule has 0 spiro atoms. The van der Waals surface area contributed by atoms with Gasteiger partial charge in [0, 0.05) is 24.2 Å². The summed E-state index contributed by atoms with van der Waals surface area (Å²) < 4.78 is 11.5. The molecule has 146 valence electrons. The maximum absolute atomic E-state index is 6.03. The maximum Gasteiger partial charge on any atom is 0.161 e. The first-order valence-corrected chi connectivity index (χ1v) is 10.1. The van der Waals surface area contributed by atoms with Crippen molar-refractivity contribution in [1.82, 2.24) is 10.2 Å². The molecule has 0 bridgehead atoms. The molecule has 1 atom stereocenters. The molecule has 3 rings (SSSR count). The van der Waals surface area contributed by atoms with Crippen LogP contribution in [0, 0.1) is 0 Å². The van der Waals surface area contributed by atoms with Crippen molar-refractivity contribution in [2.75, 3.05) is 26.7 Å². The Kier molecular flexibility index (Phi) is 7.39. The van der Waals surface area contributed by atoms with E-state index in [0.29, 0.717) is 17.7 Å². The Hall–Kier alpha value is -1.75. The van der Waals surface area contributed by atoms with Crippen LogP contribution in [0.15, 0.2) is 42.5 Å². The van der Waals surface area contributed by atoms with Crippen LogP contribution in [0.25, 0.3) is 0 Å². The summed E-state index contributed by atoms with van der Waals surface area (Å²) in [5.41, 5.74) is 2.23. The van der Waals surface area contributed by atoms with Gasteiger partial charge in [-0.3, -0.25) is 4.90 Å². The van der Waals surface area contributed by atoms with Gasteiger partial charge in [0.05, 0.1) is 7.11 Å². The lowest BCUT2D eigenvalue weighted by Gasteiger charge is -2.23. The predicted molar refractivity (Wildman–Crippen MR) is 111 cm³/mol. The summed E-state index contributed by atoms with van der Waals surface area (Å²) in [4.78, 5) is 2.56. The second-order valence-electron chi connectivity index (χ2n) is 6.96. The molecule has 5 heteroatoms. The third-order valence-corrected chi connectivity index (χ3v) is 5.36. The molecule has 0 radical (unpaired) electrons. The summed E-state index contributed by atoms with van der Waals surface area (Å²) >= 11 is 6.03. The van der Waals surface area contributed by atoms with E-state index in [4.69, 9.17) is 21.1 Å². The first-order valence-electron chi connectivity index (χ1n) is 9.68. The van der Waals surface area contributed by atoms with Crippen molar-refractivity contribution in [2.24, 2.45) is 0 Å². The van der Waals surface area contributed by atoms with Crippen molar-refractivity contribution in [3.63, 3.8) is 0 Å². The van der Waals surface area contributed by atoms with Crippen LogP contribution < -0.4 is 14.8 Å². The van der Waals surface area contributed by atoms with Crippen LogP contribution in [0.4, 0.5) is 0 Å². The van der Waals surface area contributed by atoms with Crippen LogP contribution in [0.5, 0.6) is 11.5 Å². The van der Waals surface area contributed by atoms with Crippen molar-refractivity contribution in [3.05, 3.63) is 58.6 Å². The van der Waals surface area contributed by atoms with Crippen LogP contribution >= 0.6 is 11.6 Å². The van der Waals surface area contributed by atoms with Gasteiger partial charge in [-0.25, -0.2) is 0 Å². The monoisotopic (exact) mass is 388 g/mol. The highest BCUT2D eigenvalue weighted by Gasteiger charge is 2.22. The normalized spacial score (nSPS) is 17.2. The number of hydrogen-bond acceptors (Lipinski definition) is 4. The van der Waals surface area contributed by atoms with E-state index >= 15 is 0 Å². The highest BCUT2D eigenvalue weighted by Crippen LogP contribution is 2.29. The fourth-order valence-electron chi connectivity index (χ4n) is 3.65. The number of halogens is 1. The number of rotatable bonds is 9. The van der Waals surface area contributed by atoms with Gasteiger partial charge in [-0.2, -0.15) is 0 Å². The predicted octanol–water partition coefficient (Wildman–Crippen LogP) is 4.50. The van der Waals surface area contributed by atoms with E-state index in [9.17, 15) is 0 Å². The van der Waals surface area contributed by atoms with Gasteiger partial charge in [0.15, 0.2) is 11.5 Å². The Morgan fingerprint density at radius 1 is 1.15 bits per heavy atom. The quantitative estimate of drug-likeness (QED) is 0.685. The van der Waals surface area contributed by atoms with E-state index < -0.39 is 0 Å². The lowest BCUT2D eigenvalue weighted by molar-refractivity contribution is 0.260. The van der Waals surface area contributed by atoms with Gasteiger partial charge in [-0.1, -0.05) is 36.7 Å². The van der Waals surface area contributed by atoms with E-state index in [-0.39, 0.29) is 0 Å². The Labute approximate surface area is 167 Å². The van der Waals surface area contributed by atoms with Crippen LogP contribution in [0.3, 0.4) is 0 Å². The van der Waals surface area contributed by atoms with Gasteiger partial charge in [0.1, 0.15) is 6.61 Å². The lowest BCUT2D eigenvalue weighted by atomic mass is 10.1. The Balaban J connectivity index is 1.54. The molecule has 0 amide bonds. The van der Waals surface area contributed by atoms with Crippen molar-refractivity contribution < 1.29 is 9.47 Å². The molecule has 1 heterocycles. The number of ether oxygens (including phenoxy) is 2. The van der Waals surface area contributed by atoms with Crippen LogP contribution in [-0.4, -0.2) is 37.7 Å². The van der Waals surface area contributed by atoms with Crippen LogP contribution in [0.1, 0.15) is 30.9 Å². The van der Waals surface area contributed by atoms with E-state index in [1.54, 1.807) is 7.11 Å². The molecular formula is C22H29ClN2O2. The molecule has 0 aromatic heterocycles. The molecule has 1 saturated heterocycles. The Bertz CT molecular complexity index is 738. The highest BCUT2D eigenvalue weighted by molar-refractivity contribution is 6.30. The standard InChI is InChI=1S/C22H29ClN2O2/c1-3-25-11-5-8-20(25)15-24-14-17-9-10-21(22(13-17)26-2)27-16-18-6-4-7-19(23)12-18/h4,6-7,9-10,12-13,20,24H,3,5,8,11,14-16H2,1-2H3. The molecule has 1 unspecified atom stereocenters. The molecule has 2 aromatic rings. The summed E-state index contributed by atoms with van der Waals surface area (Å²) in [6, 6.07) is 14.5. The largest absolute Gasteiger partial charge is 0.493 e. The molecular weight excluding hydrogens is 360 g/mol. The number of methoxy groups -OCH3 is 1. The first kappa shape index (κ1) is 20.0. The molecule has 1 aliphatic rings. The summed E-state index contributed by atoms with van der Waals surface area (Å²) in [6.45, 7) is 6.94. The SMILES string of the molecule is CCN1CCCC1CNCc1ccc(OCc2cccc(Cl)c2)c(OC)c1. The van der Waals surface area contributed by atoms with Gasteiger partial charge in [0.25, 0.3) is 0 Å². The van der Waals surface area contributed by atoms with E-state index in [1.807, 2.05) is 36.4 Å². The third kappa shape index (κ3) is 5.61. The zero-order chi connectivity index (χ0) is 19.1. The Morgan fingerprint density at radius 2 is 2.04 bits per heavy atom. The average Bonchev–Trinajstić information content (AvgIpc) is 3.14. The molecule has 1 N–H and O–H groups in total. The average molecular weight is 389 g/mol. The summed E-state index contributed by atoms with van der Waals surface area (Å²) in [7, 11) is 1.68. The second-order valence-corrected chi connectivity index (χ2v) is 7.40. The minimum atomic E-state index is 0.461. The fourth-order valence-corrected chi connectivity index (χ4v) is 3.87. The van der Waals surface area contributed by atoms with Crippen molar-refractivity contribution >= 4 is 11.6 Å². The molecule has 4 nitrogen and oxygen atoms in total. The third-order valence-electron chi connectivity index (χ3n) is 5.13. The smallest absolute Gasteiger partial charge is 0.161 e. The van der Waals surface area contributed by atoms with Gasteiger partial charge in [-0.15, -0.1) is 0 Å². The topological polar surface area (TPSA) is 33.7 Å². The van der Waals surface area contributed by atoms with Gasteiger partial charge < -0.3 is 14.8 Å². The number of likely N-dealkylation sites (N-methyl/N-ethyl adjacent to an activating group) is 1. The second kappa shape index (κ2) is 9.98. The Morgan fingerprint density at radius 3 is 2.81 bits per heavy atom. The minimum Gasteiger partial charge on any atom is -0.493 e. The lowest BCUT2D eigenvalue weighted by Crippen LogP contribution is -2.37. The molecule has 2 aromatic carbocycles. The number of benzene rings is 2. The molecule has 0 saturated carbocycles. The van der Waals surface area contributed by atoms with Crippen molar-refractivity contribution in [2.45, 2.75) is 39.0 Å². The summed E-state index contributed by atoms with van der Waals surface area (Å²) in [5.74, 6) is 1.50. The fraction of sp³-hybridized carbons (Fsp3) is 0.455. The van der Waals surface area contributed by atoms with Crippen molar-refractivity contribution in [1.29, 1.82) is 0 Å². The highest BCUT2D eigenvalue weighted by atomic mass is 35.5. The molecule has 1 fully saturated rings. The molecule has 1 aliphatic heterocycles. The van der Waals surface area contributed by atoms with Gasteiger partial charge in [-0.05, 0) is 61.3 Å². The zero-order valence-electron chi connectivity index (χ0n) is 16.2. The van der Waals surface area contributed by atoms with E-state index in [1.165, 1.54) is 24.9 Å². The van der Waals surface area contributed by atoms with Crippen LogP contribution in [0.2, 0.25) is 5.02 Å². The van der Waals surface area contributed by atoms with Gasteiger partial charge >= 0.3 is 0 Å². The first-order chi connectivity index (χ1) is 13.2. The van der Waals surface area contributed by atoms with E-state index in [2.05, 4.69) is 23.2 Å². The summed E-state index contributed by atoms with van der Waals surface area (Å²) in [5, 5.41) is 4.31. The van der Waals surface area contributed by atoms with Crippen LogP contribution in [-0.2, 0) is 13.2 Å². The molecule has 27 heavy (non-hydrogen) atoms. The zero-order valence-corrected chi connectivity index (χ0v) is 17.0. The number of nitrogens with one attached hydrogen (secondary N) is 1. The van der Waals surface area contributed by atoms with Crippen molar-refractivity contribution in [3.8, 4) is 11.5 Å². The number of nitrogens with zero attached hydrogens (tertiary/aromatic N) is 1. The van der Waals surface area contributed by atoms with Gasteiger partial charge in [0.2, 0.25) is 0 Å². The minimum absolute atomic E-state index is 0.461. The summed E-state index contributed by atoms with van der Waals surface area (Å²) in [6.07, 6.45) is 2.60. The molecule has 0 aliphatic carbocycles. The maximum atomic E-state index is 6.03. The number of likely N-dealkylation sites (tertiary alicyclic amines) is 1.